The monoisotopic (exact) mass is 345 g/mol. The Morgan fingerprint density at radius 2 is 1.75 bits per heavy atom. The van der Waals surface area contributed by atoms with Crippen molar-refractivity contribution in [1.82, 2.24) is 0 Å². The predicted molar refractivity (Wildman–Crippen MR) is 73.6 cm³/mol. The summed E-state index contributed by atoms with van der Waals surface area (Å²) in [4.78, 5) is 0. The van der Waals surface area contributed by atoms with Crippen molar-refractivity contribution in [3.05, 3.63) is 58.1 Å². The van der Waals surface area contributed by atoms with Crippen molar-refractivity contribution >= 4 is 15.9 Å². The van der Waals surface area contributed by atoms with Crippen LogP contribution in [-0.4, -0.2) is 0 Å². The molecule has 0 atom stereocenters. The molecule has 0 saturated carbocycles. The molecule has 20 heavy (non-hydrogen) atoms. The molecule has 0 amide bonds. The summed E-state index contributed by atoms with van der Waals surface area (Å²) in [6.07, 6.45) is -4.46. The van der Waals surface area contributed by atoms with Crippen LogP contribution in [-0.2, 0) is 12.7 Å². The number of nitrogens with two attached hydrogens (primary N) is 1. The zero-order chi connectivity index (χ0) is 14.8. The van der Waals surface area contributed by atoms with Gasteiger partial charge < -0.3 is 10.5 Å². The van der Waals surface area contributed by atoms with Gasteiger partial charge in [0.25, 0.3) is 0 Å². The summed E-state index contributed by atoms with van der Waals surface area (Å²) in [5.74, 6) is 0.0735. The minimum atomic E-state index is -4.46. The topological polar surface area (TPSA) is 35.2 Å². The quantitative estimate of drug-likeness (QED) is 0.873. The van der Waals surface area contributed by atoms with Crippen molar-refractivity contribution in [3.63, 3.8) is 0 Å². The maximum atomic E-state index is 12.9. The number of benzene rings is 2. The first kappa shape index (κ1) is 14.9. The second kappa shape index (κ2) is 5.85. The number of para-hydroxylation sites is 1. The van der Waals surface area contributed by atoms with Crippen molar-refractivity contribution in [1.29, 1.82) is 0 Å². The van der Waals surface area contributed by atoms with Gasteiger partial charge in [0, 0.05) is 16.6 Å². The first-order valence-corrected chi connectivity index (χ1v) is 6.53. The highest BCUT2D eigenvalue weighted by Crippen LogP contribution is 2.38. The third-order valence-electron chi connectivity index (χ3n) is 2.65. The minimum absolute atomic E-state index is 0.170. The number of ether oxygens (including phenoxy) is 1. The van der Waals surface area contributed by atoms with Crippen molar-refractivity contribution in [2.24, 2.45) is 5.73 Å². The van der Waals surface area contributed by atoms with Gasteiger partial charge in [0.2, 0.25) is 0 Å². The van der Waals surface area contributed by atoms with Crippen LogP contribution in [0.2, 0.25) is 0 Å². The number of rotatable bonds is 3. The van der Waals surface area contributed by atoms with E-state index in [-0.39, 0.29) is 12.3 Å². The van der Waals surface area contributed by atoms with Gasteiger partial charge in [-0.15, -0.1) is 0 Å². The number of hydrogen-bond acceptors (Lipinski definition) is 2. The molecular formula is C14H11BrF3NO. The fraction of sp³-hybridized carbons (Fsp3) is 0.143. The van der Waals surface area contributed by atoms with E-state index >= 15 is 0 Å². The summed E-state index contributed by atoms with van der Waals surface area (Å²) in [6.45, 7) is 0.170. The van der Waals surface area contributed by atoms with Crippen LogP contribution in [0.25, 0.3) is 0 Å². The Labute approximate surface area is 122 Å². The van der Waals surface area contributed by atoms with Crippen molar-refractivity contribution in [3.8, 4) is 11.5 Å². The van der Waals surface area contributed by atoms with E-state index in [4.69, 9.17) is 10.5 Å². The Balaban J connectivity index is 2.41. The molecule has 0 aliphatic carbocycles. The highest BCUT2D eigenvalue weighted by atomic mass is 79.9. The molecule has 0 bridgehead atoms. The number of halogens is 4. The Bertz CT molecular complexity index is 614. The Morgan fingerprint density at radius 3 is 2.40 bits per heavy atom. The molecule has 0 radical (unpaired) electrons. The molecule has 0 spiro atoms. The van der Waals surface area contributed by atoms with Crippen LogP contribution in [0.3, 0.4) is 0 Å². The van der Waals surface area contributed by atoms with E-state index in [0.717, 1.165) is 10.5 Å². The largest absolute Gasteiger partial charge is 0.456 e. The minimum Gasteiger partial charge on any atom is -0.456 e. The molecule has 0 heterocycles. The van der Waals surface area contributed by atoms with Gasteiger partial charge >= 0.3 is 6.18 Å². The number of alkyl halides is 3. The molecular weight excluding hydrogens is 335 g/mol. The van der Waals surface area contributed by atoms with Crippen LogP contribution in [0.15, 0.2) is 46.9 Å². The van der Waals surface area contributed by atoms with Gasteiger partial charge in [0.15, 0.2) is 0 Å². The van der Waals surface area contributed by atoms with Crippen molar-refractivity contribution in [2.45, 2.75) is 12.7 Å². The van der Waals surface area contributed by atoms with E-state index in [1.54, 1.807) is 18.2 Å². The normalized spacial score (nSPS) is 11.4. The summed E-state index contributed by atoms with van der Waals surface area (Å²) < 4.78 is 44.8. The van der Waals surface area contributed by atoms with E-state index < -0.39 is 11.7 Å². The van der Waals surface area contributed by atoms with E-state index in [2.05, 4.69) is 15.9 Å². The predicted octanol–water partition coefficient (Wildman–Crippen LogP) is 4.72. The van der Waals surface area contributed by atoms with Crippen LogP contribution >= 0.6 is 15.9 Å². The molecule has 0 aliphatic rings. The summed E-state index contributed by atoms with van der Waals surface area (Å²) >= 11 is 3.28. The van der Waals surface area contributed by atoms with Crippen LogP contribution < -0.4 is 10.5 Å². The summed E-state index contributed by atoms with van der Waals surface area (Å²) in [5, 5.41) is 0. The molecule has 2 aromatic rings. The van der Waals surface area contributed by atoms with E-state index in [0.29, 0.717) is 11.3 Å². The average molecular weight is 346 g/mol. The smallest absolute Gasteiger partial charge is 0.419 e. The van der Waals surface area contributed by atoms with Gasteiger partial charge in [-0.2, -0.15) is 13.2 Å². The van der Waals surface area contributed by atoms with Gasteiger partial charge in [0.05, 0.1) is 5.56 Å². The fourth-order valence-corrected chi connectivity index (χ4v) is 2.12. The van der Waals surface area contributed by atoms with Gasteiger partial charge in [-0.1, -0.05) is 28.1 Å². The molecule has 0 unspecified atom stereocenters. The van der Waals surface area contributed by atoms with Crippen molar-refractivity contribution < 1.29 is 17.9 Å². The van der Waals surface area contributed by atoms with E-state index in [1.165, 1.54) is 18.2 Å². The highest BCUT2D eigenvalue weighted by Gasteiger charge is 2.34. The maximum absolute atomic E-state index is 12.9. The molecule has 2 nitrogen and oxygen atoms in total. The molecule has 106 valence electrons. The Hall–Kier alpha value is -1.53. The lowest BCUT2D eigenvalue weighted by atomic mass is 10.1. The molecule has 0 aliphatic heterocycles. The standard InChI is InChI=1S/C14H11BrF3NO/c15-10-5-6-12(9(7-10)8-19)20-13-4-2-1-3-11(13)14(16,17)18/h1-7H,8,19H2. The maximum Gasteiger partial charge on any atom is 0.419 e. The number of hydrogen-bond donors (Lipinski definition) is 1. The molecule has 2 rings (SSSR count). The molecule has 0 saturated heterocycles. The third-order valence-corrected chi connectivity index (χ3v) is 3.15. The second-order valence-corrected chi connectivity index (χ2v) is 4.97. The van der Waals surface area contributed by atoms with Crippen LogP contribution in [0.1, 0.15) is 11.1 Å². The Kier molecular flexibility index (Phi) is 4.35. The zero-order valence-electron chi connectivity index (χ0n) is 10.2. The highest BCUT2D eigenvalue weighted by molar-refractivity contribution is 9.10. The summed E-state index contributed by atoms with van der Waals surface area (Å²) in [7, 11) is 0. The van der Waals surface area contributed by atoms with Gasteiger partial charge in [-0.05, 0) is 30.3 Å². The third kappa shape index (κ3) is 3.32. The van der Waals surface area contributed by atoms with Crippen molar-refractivity contribution in [2.75, 3.05) is 0 Å². The Morgan fingerprint density at radius 1 is 1.05 bits per heavy atom. The lowest BCUT2D eigenvalue weighted by molar-refractivity contribution is -0.138. The second-order valence-electron chi connectivity index (χ2n) is 4.05. The van der Waals surface area contributed by atoms with E-state index in [1.807, 2.05) is 0 Å². The summed E-state index contributed by atoms with van der Waals surface area (Å²) in [6, 6.07) is 10.1. The average Bonchev–Trinajstić information content (AvgIpc) is 2.40. The lowest BCUT2D eigenvalue weighted by Gasteiger charge is -2.15. The molecule has 0 fully saturated rings. The first-order valence-electron chi connectivity index (χ1n) is 5.74. The van der Waals surface area contributed by atoms with Gasteiger partial charge in [0.1, 0.15) is 11.5 Å². The first-order chi connectivity index (χ1) is 9.41. The molecule has 0 aromatic heterocycles. The molecule has 6 heteroatoms. The zero-order valence-corrected chi connectivity index (χ0v) is 11.8. The van der Waals surface area contributed by atoms with Crippen LogP contribution in [0.5, 0.6) is 11.5 Å². The fourth-order valence-electron chi connectivity index (χ4n) is 1.72. The van der Waals surface area contributed by atoms with Gasteiger partial charge in [-0.25, -0.2) is 0 Å². The molecule has 2 aromatic carbocycles. The van der Waals surface area contributed by atoms with Gasteiger partial charge in [-0.3, -0.25) is 0 Å². The molecule has 2 N–H and O–H groups in total. The summed E-state index contributed by atoms with van der Waals surface area (Å²) in [5.41, 5.74) is 5.38. The lowest BCUT2D eigenvalue weighted by Crippen LogP contribution is -2.07. The van der Waals surface area contributed by atoms with E-state index in [9.17, 15) is 13.2 Å². The van der Waals surface area contributed by atoms with Crippen LogP contribution in [0, 0.1) is 0 Å². The van der Waals surface area contributed by atoms with Crippen LogP contribution in [0.4, 0.5) is 13.2 Å². The SMILES string of the molecule is NCc1cc(Br)ccc1Oc1ccccc1C(F)(F)F.